The van der Waals surface area contributed by atoms with Gasteiger partial charge in [-0.1, -0.05) is 32.0 Å². The van der Waals surface area contributed by atoms with Gasteiger partial charge in [0.1, 0.15) is 0 Å². The maximum Gasteiger partial charge on any atom is 0.0897 e. The zero-order valence-electron chi connectivity index (χ0n) is 10.4. The highest BCUT2D eigenvalue weighted by atomic mass is 14.8. The predicted octanol–water partition coefficient (Wildman–Crippen LogP) is 4.12. The second kappa shape index (κ2) is 4.91. The number of rotatable bonds is 0. The Kier molecular flexibility index (Phi) is 3.33. The van der Waals surface area contributed by atoms with Gasteiger partial charge in [-0.3, -0.25) is 0 Å². The zero-order valence-corrected chi connectivity index (χ0v) is 10.4. The fraction of sp³-hybridized carbons (Fsp3) is 0.200. The molecule has 0 aliphatic heterocycles. The molecule has 3 rings (SSSR count). The Hall–Kier alpha value is -1.96. The molecule has 0 amide bonds. The van der Waals surface area contributed by atoms with E-state index in [4.69, 9.17) is 0 Å². The lowest BCUT2D eigenvalue weighted by Crippen LogP contribution is -1.87. The lowest BCUT2D eigenvalue weighted by Gasteiger charge is -2.00. The molecule has 1 aromatic heterocycles. The molecule has 0 aliphatic carbocycles. The maximum atomic E-state index is 4.58. The van der Waals surface area contributed by atoms with Crippen LogP contribution in [-0.4, -0.2) is 9.97 Å². The maximum absolute atomic E-state index is 4.58. The summed E-state index contributed by atoms with van der Waals surface area (Å²) in [5.41, 5.74) is 5.05. The van der Waals surface area contributed by atoms with Crippen molar-refractivity contribution in [3.8, 4) is 0 Å². The molecule has 1 heterocycles. The van der Waals surface area contributed by atoms with Gasteiger partial charge in [0.05, 0.1) is 22.1 Å². The second-order valence-corrected chi connectivity index (χ2v) is 3.70. The Morgan fingerprint density at radius 1 is 0.706 bits per heavy atom. The predicted molar refractivity (Wildman–Crippen MR) is 73.1 cm³/mol. The fourth-order valence-corrected chi connectivity index (χ4v) is 1.73. The minimum atomic E-state index is 0.953. The molecular formula is C15H16N2. The fourth-order valence-electron chi connectivity index (χ4n) is 1.73. The monoisotopic (exact) mass is 224 g/mol. The van der Waals surface area contributed by atoms with Crippen LogP contribution >= 0.6 is 0 Å². The third-order valence-corrected chi connectivity index (χ3v) is 2.49. The average molecular weight is 224 g/mol. The minimum absolute atomic E-state index is 0.953. The molecule has 0 N–H and O–H groups in total. The first kappa shape index (κ1) is 11.5. The minimum Gasteiger partial charge on any atom is -0.245 e. The highest BCUT2D eigenvalue weighted by molar-refractivity contribution is 5.86. The van der Waals surface area contributed by atoms with Crippen molar-refractivity contribution in [2.45, 2.75) is 20.8 Å². The van der Waals surface area contributed by atoms with Crippen molar-refractivity contribution in [3.63, 3.8) is 0 Å². The number of nitrogens with zero attached hydrogens (tertiary/aromatic N) is 2. The van der Waals surface area contributed by atoms with Crippen LogP contribution in [0.25, 0.3) is 22.1 Å². The summed E-state index contributed by atoms with van der Waals surface area (Å²) < 4.78 is 0. The highest BCUT2D eigenvalue weighted by Crippen LogP contribution is 2.16. The second-order valence-electron chi connectivity index (χ2n) is 3.70. The van der Waals surface area contributed by atoms with Gasteiger partial charge in [-0.25, -0.2) is 9.97 Å². The van der Waals surface area contributed by atoms with Gasteiger partial charge in [0, 0.05) is 0 Å². The molecule has 0 saturated carbocycles. The van der Waals surface area contributed by atoms with Crippen LogP contribution in [0.5, 0.6) is 0 Å². The van der Waals surface area contributed by atoms with Crippen LogP contribution in [0.1, 0.15) is 19.4 Å². The largest absolute Gasteiger partial charge is 0.245 e. The van der Waals surface area contributed by atoms with E-state index in [2.05, 4.69) is 29.0 Å². The number of aryl methyl sites for hydroxylation is 1. The normalized spacial score (nSPS) is 10.1. The summed E-state index contributed by atoms with van der Waals surface area (Å²) in [5, 5.41) is 0. The van der Waals surface area contributed by atoms with E-state index < -0.39 is 0 Å². The van der Waals surface area contributed by atoms with Gasteiger partial charge >= 0.3 is 0 Å². The molecule has 0 bridgehead atoms. The van der Waals surface area contributed by atoms with Gasteiger partial charge in [0.25, 0.3) is 0 Å². The molecule has 0 fully saturated rings. The van der Waals surface area contributed by atoms with Crippen molar-refractivity contribution in [3.05, 3.63) is 48.0 Å². The van der Waals surface area contributed by atoms with E-state index in [1.807, 2.05) is 44.2 Å². The summed E-state index contributed by atoms with van der Waals surface area (Å²) in [6.45, 7) is 6.07. The van der Waals surface area contributed by atoms with Crippen LogP contribution in [-0.2, 0) is 0 Å². The number of hydrogen-bond donors (Lipinski definition) is 0. The topological polar surface area (TPSA) is 25.8 Å². The molecule has 17 heavy (non-hydrogen) atoms. The molecule has 2 aromatic carbocycles. The highest BCUT2D eigenvalue weighted by Gasteiger charge is 1.99. The average Bonchev–Trinajstić information content (AvgIpc) is 2.38. The van der Waals surface area contributed by atoms with Gasteiger partial charge in [0.2, 0.25) is 0 Å². The Balaban J connectivity index is 0.000000514. The molecule has 0 atom stereocenters. The molecule has 0 radical (unpaired) electrons. The molecule has 3 aromatic rings. The van der Waals surface area contributed by atoms with E-state index in [9.17, 15) is 0 Å². The van der Waals surface area contributed by atoms with E-state index in [0.717, 1.165) is 22.1 Å². The Morgan fingerprint density at radius 3 is 1.88 bits per heavy atom. The Morgan fingerprint density at radius 2 is 1.24 bits per heavy atom. The summed E-state index contributed by atoms with van der Waals surface area (Å²) in [6.07, 6.45) is 0. The first-order valence-electron chi connectivity index (χ1n) is 5.96. The number of aromatic nitrogens is 2. The van der Waals surface area contributed by atoms with Crippen LogP contribution in [0.4, 0.5) is 0 Å². The van der Waals surface area contributed by atoms with Crippen molar-refractivity contribution < 1.29 is 0 Å². The Bertz CT molecular complexity index is 645. The molecule has 0 unspecified atom stereocenters. The summed E-state index contributed by atoms with van der Waals surface area (Å²) in [7, 11) is 0. The Labute approximate surface area is 101 Å². The first-order chi connectivity index (χ1) is 8.33. The van der Waals surface area contributed by atoms with Crippen LogP contribution in [0.3, 0.4) is 0 Å². The SMILES string of the molecule is CC.Cc1ccc2nc3ccccc3nc2c1. The van der Waals surface area contributed by atoms with E-state index in [0.29, 0.717) is 0 Å². The molecule has 0 saturated heterocycles. The van der Waals surface area contributed by atoms with Gasteiger partial charge in [-0.05, 0) is 36.8 Å². The smallest absolute Gasteiger partial charge is 0.0897 e. The third kappa shape index (κ3) is 2.26. The molecule has 2 heteroatoms. The summed E-state index contributed by atoms with van der Waals surface area (Å²) >= 11 is 0. The number of fused-ring (bicyclic) bond motifs is 2. The van der Waals surface area contributed by atoms with Crippen LogP contribution in [0.15, 0.2) is 42.5 Å². The molecule has 2 nitrogen and oxygen atoms in total. The zero-order chi connectivity index (χ0) is 12.3. The molecule has 0 spiro atoms. The van der Waals surface area contributed by atoms with Crippen molar-refractivity contribution in [1.82, 2.24) is 9.97 Å². The van der Waals surface area contributed by atoms with Crippen molar-refractivity contribution >= 4 is 22.1 Å². The van der Waals surface area contributed by atoms with E-state index >= 15 is 0 Å². The van der Waals surface area contributed by atoms with E-state index in [1.54, 1.807) is 0 Å². The van der Waals surface area contributed by atoms with E-state index in [-0.39, 0.29) is 0 Å². The van der Waals surface area contributed by atoms with Gasteiger partial charge < -0.3 is 0 Å². The lowest BCUT2D eigenvalue weighted by atomic mass is 10.2. The molecule has 86 valence electrons. The number of para-hydroxylation sites is 2. The van der Waals surface area contributed by atoms with Gasteiger partial charge in [-0.15, -0.1) is 0 Å². The van der Waals surface area contributed by atoms with E-state index in [1.165, 1.54) is 5.56 Å². The van der Waals surface area contributed by atoms with Crippen molar-refractivity contribution in [2.75, 3.05) is 0 Å². The third-order valence-electron chi connectivity index (χ3n) is 2.49. The number of hydrogen-bond acceptors (Lipinski definition) is 2. The lowest BCUT2D eigenvalue weighted by molar-refractivity contribution is 1.37. The summed E-state index contributed by atoms with van der Waals surface area (Å²) in [6, 6.07) is 14.1. The van der Waals surface area contributed by atoms with Crippen molar-refractivity contribution in [2.24, 2.45) is 0 Å². The quantitative estimate of drug-likeness (QED) is 0.537. The van der Waals surface area contributed by atoms with Crippen LogP contribution in [0, 0.1) is 6.92 Å². The van der Waals surface area contributed by atoms with Crippen molar-refractivity contribution in [1.29, 1.82) is 0 Å². The molecular weight excluding hydrogens is 208 g/mol. The van der Waals surface area contributed by atoms with Gasteiger partial charge in [-0.2, -0.15) is 0 Å². The number of benzene rings is 2. The van der Waals surface area contributed by atoms with Crippen LogP contribution in [0.2, 0.25) is 0 Å². The summed E-state index contributed by atoms with van der Waals surface area (Å²) in [4.78, 5) is 9.13. The first-order valence-corrected chi connectivity index (χ1v) is 5.96. The molecule has 0 aliphatic rings. The summed E-state index contributed by atoms with van der Waals surface area (Å²) in [5.74, 6) is 0. The van der Waals surface area contributed by atoms with Gasteiger partial charge in [0.15, 0.2) is 0 Å². The van der Waals surface area contributed by atoms with Crippen LogP contribution < -0.4 is 0 Å². The standard InChI is InChI=1S/C13H10N2.C2H6/c1-9-6-7-12-13(8-9)15-11-5-3-2-4-10(11)14-12;1-2/h2-8H,1H3;1-2H3.